The number of ketones is 1. The number of hydrogen-bond donors (Lipinski definition) is 1. The van der Waals surface area contributed by atoms with E-state index < -0.39 is 5.82 Å². The molecule has 0 unspecified atom stereocenters. The van der Waals surface area contributed by atoms with Gasteiger partial charge in [0.25, 0.3) is 0 Å². The van der Waals surface area contributed by atoms with Crippen molar-refractivity contribution in [3.8, 4) is 5.69 Å². The molecular formula is C13H14FN3O. The lowest BCUT2D eigenvalue weighted by molar-refractivity contribution is 0.0985. The quantitative estimate of drug-likeness (QED) is 0.839. The Morgan fingerprint density at radius 2 is 2.28 bits per heavy atom. The van der Waals surface area contributed by atoms with Crippen LogP contribution in [0.5, 0.6) is 0 Å². The molecule has 0 fully saturated rings. The molecule has 94 valence electrons. The minimum atomic E-state index is -0.445. The van der Waals surface area contributed by atoms with Gasteiger partial charge in [0.1, 0.15) is 11.6 Å². The summed E-state index contributed by atoms with van der Waals surface area (Å²) >= 11 is 0. The fourth-order valence-corrected chi connectivity index (χ4v) is 1.78. The predicted octanol–water partition coefficient (Wildman–Crippen LogP) is 1.85. The first-order chi connectivity index (χ1) is 8.63. The van der Waals surface area contributed by atoms with Crippen molar-refractivity contribution in [2.75, 3.05) is 6.54 Å². The predicted molar refractivity (Wildman–Crippen MR) is 66.3 cm³/mol. The number of aromatic nitrogens is 2. The number of Topliss-reactive ketones (excluding diaryl/α,β-unsaturated/α-hetero) is 1. The molecule has 0 spiro atoms. The molecule has 0 saturated heterocycles. The molecule has 0 bridgehead atoms. The van der Waals surface area contributed by atoms with Gasteiger partial charge in [0.05, 0.1) is 5.69 Å². The average molecular weight is 247 g/mol. The van der Waals surface area contributed by atoms with Crippen LogP contribution in [0.4, 0.5) is 4.39 Å². The maximum atomic E-state index is 14.0. The Morgan fingerprint density at radius 1 is 1.50 bits per heavy atom. The zero-order valence-electron chi connectivity index (χ0n) is 10.1. The highest BCUT2D eigenvalue weighted by molar-refractivity contribution is 5.96. The number of carbonyl (C=O) groups is 1. The van der Waals surface area contributed by atoms with E-state index in [-0.39, 0.29) is 18.7 Å². The highest BCUT2D eigenvalue weighted by Gasteiger charge is 2.11. The molecule has 1 aromatic heterocycles. The Kier molecular flexibility index (Phi) is 3.53. The van der Waals surface area contributed by atoms with Crippen LogP contribution in [-0.2, 0) is 0 Å². The molecule has 2 N–H and O–H groups in total. The molecule has 1 aromatic carbocycles. The van der Waals surface area contributed by atoms with E-state index in [0.29, 0.717) is 17.1 Å². The Balaban J connectivity index is 2.37. The summed E-state index contributed by atoms with van der Waals surface area (Å²) in [5.41, 5.74) is 6.04. The lowest BCUT2D eigenvalue weighted by Gasteiger charge is -2.08. The minimum absolute atomic E-state index is 0.148. The molecule has 0 aliphatic rings. The van der Waals surface area contributed by atoms with Crippen LogP contribution in [0.3, 0.4) is 0 Å². The van der Waals surface area contributed by atoms with E-state index in [9.17, 15) is 9.18 Å². The van der Waals surface area contributed by atoms with Gasteiger partial charge in [0.15, 0.2) is 5.78 Å². The van der Waals surface area contributed by atoms with Crippen LogP contribution in [0.2, 0.25) is 0 Å². The van der Waals surface area contributed by atoms with Crippen LogP contribution in [0.25, 0.3) is 5.69 Å². The Bertz CT molecular complexity index is 577. The number of rotatable bonds is 4. The van der Waals surface area contributed by atoms with Crippen molar-refractivity contribution in [3.63, 3.8) is 0 Å². The molecule has 0 aliphatic carbocycles. The van der Waals surface area contributed by atoms with E-state index >= 15 is 0 Å². The molecule has 4 nitrogen and oxygen atoms in total. The lowest BCUT2D eigenvalue weighted by Crippen LogP contribution is -2.09. The van der Waals surface area contributed by atoms with Gasteiger partial charge in [-0.05, 0) is 31.7 Å². The van der Waals surface area contributed by atoms with Gasteiger partial charge in [-0.1, -0.05) is 0 Å². The fraction of sp³-hybridized carbons (Fsp3) is 0.231. The van der Waals surface area contributed by atoms with Gasteiger partial charge in [-0.3, -0.25) is 4.79 Å². The standard InChI is InChI=1S/C13H14FN3O/c1-9-16-6-7-17(9)12-3-2-10(8-11(12)14)13(18)4-5-15/h2-3,6-8H,4-5,15H2,1H3. The molecule has 2 aromatic rings. The third-order valence-corrected chi connectivity index (χ3v) is 2.73. The van der Waals surface area contributed by atoms with Crippen LogP contribution < -0.4 is 5.73 Å². The lowest BCUT2D eigenvalue weighted by atomic mass is 10.1. The molecule has 0 radical (unpaired) electrons. The fourth-order valence-electron chi connectivity index (χ4n) is 1.78. The molecule has 1 heterocycles. The summed E-state index contributed by atoms with van der Waals surface area (Å²) in [7, 11) is 0. The van der Waals surface area contributed by atoms with Crippen molar-refractivity contribution in [3.05, 3.63) is 47.8 Å². The number of nitrogens with zero attached hydrogens (tertiary/aromatic N) is 2. The van der Waals surface area contributed by atoms with Crippen LogP contribution in [0.15, 0.2) is 30.6 Å². The smallest absolute Gasteiger partial charge is 0.164 e. The molecular weight excluding hydrogens is 233 g/mol. The summed E-state index contributed by atoms with van der Waals surface area (Å²) in [5, 5.41) is 0. The van der Waals surface area contributed by atoms with Crippen molar-refractivity contribution in [2.45, 2.75) is 13.3 Å². The van der Waals surface area contributed by atoms with Gasteiger partial charge in [-0.2, -0.15) is 0 Å². The number of carbonyl (C=O) groups excluding carboxylic acids is 1. The van der Waals surface area contributed by atoms with Gasteiger partial charge < -0.3 is 10.3 Å². The van der Waals surface area contributed by atoms with Crippen molar-refractivity contribution < 1.29 is 9.18 Å². The topological polar surface area (TPSA) is 60.9 Å². The maximum absolute atomic E-state index is 14.0. The molecule has 18 heavy (non-hydrogen) atoms. The highest BCUT2D eigenvalue weighted by Crippen LogP contribution is 2.17. The van der Waals surface area contributed by atoms with Crippen LogP contribution in [0.1, 0.15) is 22.6 Å². The van der Waals surface area contributed by atoms with E-state index in [1.54, 1.807) is 36.0 Å². The first-order valence-corrected chi connectivity index (χ1v) is 5.66. The van der Waals surface area contributed by atoms with Crippen LogP contribution in [-0.4, -0.2) is 21.9 Å². The zero-order chi connectivity index (χ0) is 13.1. The van der Waals surface area contributed by atoms with Crippen molar-refractivity contribution in [1.82, 2.24) is 9.55 Å². The third kappa shape index (κ3) is 2.31. The van der Waals surface area contributed by atoms with E-state index in [2.05, 4.69) is 4.98 Å². The zero-order valence-corrected chi connectivity index (χ0v) is 10.1. The van der Waals surface area contributed by atoms with Gasteiger partial charge in [0, 0.05) is 24.4 Å². The highest BCUT2D eigenvalue weighted by atomic mass is 19.1. The Labute approximate surface area is 104 Å². The van der Waals surface area contributed by atoms with Crippen molar-refractivity contribution in [1.29, 1.82) is 0 Å². The van der Waals surface area contributed by atoms with Gasteiger partial charge in [0.2, 0.25) is 0 Å². The largest absolute Gasteiger partial charge is 0.330 e. The van der Waals surface area contributed by atoms with Gasteiger partial charge in [-0.25, -0.2) is 9.37 Å². The van der Waals surface area contributed by atoms with Crippen molar-refractivity contribution in [2.24, 2.45) is 5.73 Å². The van der Waals surface area contributed by atoms with E-state index in [0.717, 1.165) is 0 Å². The second-order valence-corrected chi connectivity index (χ2v) is 3.97. The number of imidazole rings is 1. The normalized spacial score (nSPS) is 10.6. The molecule has 5 heteroatoms. The average Bonchev–Trinajstić information content (AvgIpc) is 2.75. The molecule has 0 saturated carbocycles. The Morgan fingerprint density at radius 3 is 2.83 bits per heavy atom. The summed E-state index contributed by atoms with van der Waals surface area (Å²) in [4.78, 5) is 15.6. The molecule has 0 aliphatic heterocycles. The van der Waals surface area contributed by atoms with E-state index in [4.69, 9.17) is 5.73 Å². The van der Waals surface area contributed by atoms with E-state index in [1.165, 1.54) is 6.07 Å². The first kappa shape index (κ1) is 12.4. The number of nitrogens with two attached hydrogens (primary N) is 1. The SMILES string of the molecule is Cc1nccn1-c1ccc(C(=O)CCN)cc1F. The summed E-state index contributed by atoms with van der Waals surface area (Å²) in [6, 6.07) is 4.43. The summed E-state index contributed by atoms with van der Waals surface area (Å²) in [6.07, 6.45) is 3.50. The first-order valence-electron chi connectivity index (χ1n) is 5.66. The minimum Gasteiger partial charge on any atom is -0.330 e. The number of aryl methyl sites for hydroxylation is 1. The number of halogens is 1. The molecule has 2 rings (SSSR count). The second kappa shape index (κ2) is 5.10. The van der Waals surface area contributed by atoms with Gasteiger partial charge >= 0.3 is 0 Å². The van der Waals surface area contributed by atoms with Crippen LogP contribution in [0, 0.1) is 12.7 Å². The van der Waals surface area contributed by atoms with Crippen molar-refractivity contribution >= 4 is 5.78 Å². The van der Waals surface area contributed by atoms with Crippen LogP contribution >= 0.6 is 0 Å². The third-order valence-electron chi connectivity index (χ3n) is 2.73. The summed E-state index contributed by atoms with van der Waals surface area (Å²) in [6.45, 7) is 2.05. The second-order valence-electron chi connectivity index (χ2n) is 3.97. The summed E-state index contributed by atoms with van der Waals surface area (Å²) < 4.78 is 15.6. The molecule has 0 amide bonds. The number of hydrogen-bond acceptors (Lipinski definition) is 3. The number of benzene rings is 1. The molecule has 0 atom stereocenters. The maximum Gasteiger partial charge on any atom is 0.164 e. The van der Waals surface area contributed by atoms with E-state index in [1.807, 2.05) is 0 Å². The monoisotopic (exact) mass is 247 g/mol. The Hall–Kier alpha value is -2.01. The summed E-state index contributed by atoms with van der Waals surface area (Å²) in [5.74, 6) is 0.0965. The van der Waals surface area contributed by atoms with Gasteiger partial charge in [-0.15, -0.1) is 0 Å².